The van der Waals surface area contributed by atoms with Gasteiger partial charge < -0.3 is 10.1 Å². The Balaban J connectivity index is 0.00000277. The van der Waals surface area contributed by atoms with Crippen molar-refractivity contribution in [2.75, 3.05) is 25.2 Å². The summed E-state index contributed by atoms with van der Waals surface area (Å²) in [4.78, 5) is 4.46. The number of halogens is 1. The van der Waals surface area contributed by atoms with Crippen molar-refractivity contribution in [1.82, 2.24) is 4.98 Å². The molecule has 0 fully saturated rings. The molecule has 1 N–H and O–H groups in total. The summed E-state index contributed by atoms with van der Waals surface area (Å²) in [6, 6.07) is 0. The number of nitrogens with one attached hydrogen (secondary N) is 1. The minimum atomic E-state index is -0.526. The van der Waals surface area contributed by atoms with Gasteiger partial charge in [-0.2, -0.15) is 0 Å². The molecule has 3 nitrogen and oxygen atoms in total. The van der Waals surface area contributed by atoms with Gasteiger partial charge in [-0.05, 0) is 30.6 Å². The standard InChI is InChI=1S/C18H27FN2OS.C2H6/c1-4-7-8-10-22-13-15(12-19)11-17(9-5-2)21-18-20-16(6-3)14-23-18;1-2/h5,9,11,14H,2,4,6-8,10,12-13H2,1,3H3,(H,20,21);1-2H3/b15-11-,17-9+;. The van der Waals surface area contributed by atoms with Gasteiger partial charge in [0.25, 0.3) is 0 Å². The summed E-state index contributed by atoms with van der Waals surface area (Å²) in [5, 5.41) is 6.03. The van der Waals surface area contributed by atoms with Crippen LogP contribution in [0.25, 0.3) is 0 Å². The number of ether oxygens (including phenoxy) is 1. The summed E-state index contributed by atoms with van der Waals surface area (Å²) in [5.41, 5.74) is 2.42. The Bertz CT molecular complexity index is 524. The van der Waals surface area contributed by atoms with Crippen LogP contribution in [0.5, 0.6) is 0 Å². The van der Waals surface area contributed by atoms with Gasteiger partial charge in [0.05, 0.1) is 12.3 Å². The van der Waals surface area contributed by atoms with Gasteiger partial charge >= 0.3 is 0 Å². The van der Waals surface area contributed by atoms with E-state index in [0.717, 1.165) is 42.2 Å². The molecule has 0 atom stereocenters. The van der Waals surface area contributed by atoms with Crippen molar-refractivity contribution in [1.29, 1.82) is 0 Å². The number of allylic oxidation sites excluding steroid dienone is 3. The van der Waals surface area contributed by atoms with E-state index >= 15 is 0 Å². The molecule has 5 heteroatoms. The first-order valence-corrected chi connectivity index (χ1v) is 9.98. The average Bonchev–Trinajstić information content (AvgIpc) is 3.10. The number of thiazole rings is 1. The van der Waals surface area contributed by atoms with Crippen LogP contribution < -0.4 is 5.32 Å². The summed E-state index contributed by atoms with van der Waals surface area (Å²) in [5.74, 6) is 0. The first kappa shape index (κ1) is 23.5. The number of anilines is 1. The zero-order valence-corrected chi connectivity index (χ0v) is 16.9. The van der Waals surface area contributed by atoms with E-state index in [1.54, 1.807) is 18.2 Å². The summed E-state index contributed by atoms with van der Waals surface area (Å²) >= 11 is 1.54. The molecule has 0 saturated carbocycles. The van der Waals surface area contributed by atoms with E-state index in [0.29, 0.717) is 18.8 Å². The monoisotopic (exact) mass is 368 g/mol. The van der Waals surface area contributed by atoms with Crippen LogP contribution in [0.3, 0.4) is 0 Å². The van der Waals surface area contributed by atoms with Crippen LogP contribution >= 0.6 is 11.3 Å². The zero-order chi connectivity index (χ0) is 18.9. The number of hydrogen-bond donors (Lipinski definition) is 1. The molecule has 0 amide bonds. The minimum Gasteiger partial charge on any atom is -0.377 e. The lowest BCUT2D eigenvalue weighted by Crippen LogP contribution is -2.05. The lowest BCUT2D eigenvalue weighted by molar-refractivity contribution is 0.148. The number of rotatable bonds is 12. The third-order valence-corrected chi connectivity index (χ3v) is 3.98. The van der Waals surface area contributed by atoms with Gasteiger partial charge in [-0.15, -0.1) is 11.3 Å². The Morgan fingerprint density at radius 2 is 2.12 bits per heavy atom. The summed E-state index contributed by atoms with van der Waals surface area (Å²) in [7, 11) is 0. The van der Waals surface area contributed by atoms with E-state index in [1.807, 2.05) is 19.2 Å². The Morgan fingerprint density at radius 3 is 2.68 bits per heavy atom. The van der Waals surface area contributed by atoms with Crippen molar-refractivity contribution in [3.8, 4) is 0 Å². The maximum atomic E-state index is 13.2. The van der Waals surface area contributed by atoms with Crippen molar-refractivity contribution in [2.45, 2.75) is 53.4 Å². The molecule has 0 radical (unpaired) electrons. The SMILES string of the molecule is C=C/C=C(\C=C(\CF)COCCCCC)Nc1nc(CC)cs1.CC. The number of nitrogens with zero attached hydrogens (tertiary/aromatic N) is 1. The summed E-state index contributed by atoms with van der Waals surface area (Å²) < 4.78 is 18.7. The molecule has 0 aliphatic carbocycles. The highest BCUT2D eigenvalue weighted by Gasteiger charge is 2.04. The van der Waals surface area contributed by atoms with E-state index in [2.05, 4.69) is 30.7 Å². The first-order chi connectivity index (χ1) is 12.2. The fourth-order valence-corrected chi connectivity index (χ4v) is 2.71. The second-order valence-electron chi connectivity index (χ2n) is 5.18. The van der Waals surface area contributed by atoms with Crippen molar-refractivity contribution < 1.29 is 9.13 Å². The molecule has 0 saturated heterocycles. The number of alkyl halides is 1. The molecule has 0 spiro atoms. The number of hydrogen-bond acceptors (Lipinski definition) is 4. The molecule has 1 aromatic rings. The molecule has 0 bridgehead atoms. The molecule has 1 rings (SSSR count). The van der Waals surface area contributed by atoms with Gasteiger partial charge in [-0.1, -0.05) is 53.2 Å². The highest BCUT2D eigenvalue weighted by molar-refractivity contribution is 7.13. The molecule has 0 aliphatic rings. The molecule has 0 aromatic carbocycles. The van der Waals surface area contributed by atoms with E-state index in [-0.39, 0.29) is 0 Å². The smallest absolute Gasteiger partial charge is 0.187 e. The van der Waals surface area contributed by atoms with Crippen LogP contribution in [0.2, 0.25) is 0 Å². The summed E-state index contributed by atoms with van der Waals surface area (Å²) in [6.07, 6.45) is 9.46. The van der Waals surface area contributed by atoms with Crippen molar-refractivity contribution in [3.63, 3.8) is 0 Å². The second kappa shape index (κ2) is 16.0. The van der Waals surface area contributed by atoms with Gasteiger partial charge in [0.1, 0.15) is 6.67 Å². The van der Waals surface area contributed by atoms with Gasteiger partial charge in [-0.3, -0.25) is 0 Å². The third-order valence-electron chi connectivity index (χ3n) is 3.17. The maximum absolute atomic E-state index is 13.2. The van der Waals surface area contributed by atoms with Crippen LogP contribution in [0.15, 0.2) is 41.5 Å². The predicted octanol–water partition coefficient (Wildman–Crippen LogP) is 6.32. The Morgan fingerprint density at radius 1 is 1.36 bits per heavy atom. The minimum absolute atomic E-state index is 0.314. The molecule has 0 unspecified atom stereocenters. The lowest BCUT2D eigenvalue weighted by Gasteiger charge is -2.08. The van der Waals surface area contributed by atoms with Crippen LogP contribution in [-0.2, 0) is 11.2 Å². The Kier molecular flexibility index (Phi) is 15.1. The van der Waals surface area contributed by atoms with Crippen molar-refractivity contribution >= 4 is 16.5 Å². The molecular weight excluding hydrogens is 335 g/mol. The topological polar surface area (TPSA) is 34.1 Å². The van der Waals surface area contributed by atoms with E-state index in [4.69, 9.17) is 4.74 Å². The van der Waals surface area contributed by atoms with Gasteiger partial charge in [0, 0.05) is 17.7 Å². The van der Waals surface area contributed by atoms with Crippen LogP contribution in [-0.4, -0.2) is 24.9 Å². The molecule has 142 valence electrons. The highest BCUT2D eigenvalue weighted by Crippen LogP contribution is 2.19. The highest BCUT2D eigenvalue weighted by atomic mass is 32.1. The quantitative estimate of drug-likeness (QED) is 0.346. The Hall–Kier alpha value is -1.46. The largest absolute Gasteiger partial charge is 0.377 e. The van der Waals surface area contributed by atoms with E-state index < -0.39 is 6.67 Å². The van der Waals surface area contributed by atoms with E-state index in [9.17, 15) is 4.39 Å². The first-order valence-electron chi connectivity index (χ1n) is 9.10. The fraction of sp³-hybridized carbons (Fsp3) is 0.550. The van der Waals surface area contributed by atoms with Crippen LogP contribution in [0, 0.1) is 0 Å². The zero-order valence-electron chi connectivity index (χ0n) is 16.1. The van der Waals surface area contributed by atoms with Gasteiger partial charge in [0.15, 0.2) is 5.13 Å². The fourth-order valence-electron chi connectivity index (χ4n) is 1.90. The number of aryl methyl sites for hydroxylation is 1. The number of unbranched alkanes of at least 4 members (excludes halogenated alkanes) is 2. The normalized spacial score (nSPS) is 11.7. The molecule has 25 heavy (non-hydrogen) atoms. The van der Waals surface area contributed by atoms with Crippen LogP contribution in [0.4, 0.5) is 9.52 Å². The van der Waals surface area contributed by atoms with Crippen LogP contribution in [0.1, 0.15) is 52.7 Å². The maximum Gasteiger partial charge on any atom is 0.187 e. The summed E-state index contributed by atoms with van der Waals surface area (Å²) in [6.45, 7) is 12.4. The average molecular weight is 369 g/mol. The Labute approximate surface area is 156 Å². The molecular formula is C20H33FN2OS. The predicted molar refractivity (Wildman–Crippen MR) is 109 cm³/mol. The molecule has 0 aliphatic heterocycles. The molecule has 1 heterocycles. The van der Waals surface area contributed by atoms with Crippen molar-refractivity contribution in [3.05, 3.63) is 47.2 Å². The second-order valence-corrected chi connectivity index (χ2v) is 6.03. The lowest BCUT2D eigenvalue weighted by atomic mass is 10.2. The van der Waals surface area contributed by atoms with Gasteiger partial charge in [-0.25, -0.2) is 9.37 Å². The third kappa shape index (κ3) is 10.9. The van der Waals surface area contributed by atoms with Crippen molar-refractivity contribution in [2.24, 2.45) is 0 Å². The molecule has 1 aromatic heterocycles. The van der Waals surface area contributed by atoms with E-state index in [1.165, 1.54) is 11.3 Å². The number of aromatic nitrogens is 1. The van der Waals surface area contributed by atoms with Gasteiger partial charge in [0.2, 0.25) is 0 Å².